The molecule has 2 aromatic heterocycles. The number of halogens is 5. The van der Waals surface area contributed by atoms with Crippen LogP contribution in [-0.2, 0) is 19.6 Å². The van der Waals surface area contributed by atoms with Crippen molar-refractivity contribution < 1.29 is 26.7 Å². The Balaban J connectivity index is 0.847. The number of rotatable bonds is 4. The van der Waals surface area contributed by atoms with Gasteiger partial charge in [0.1, 0.15) is 11.5 Å². The molecule has 2 amide bonds. The lowest BCUT2D eigenvalue weighted by atomic mass is 9.56. The molecule has 3 saturated carbocycles. The Bertz CT molecular complexity index is 1250. The van der Waals surface area contributed by atoms with Crippen LogP contribution in [0, 0.1) is 16.7 Å². The fraction of sp³-hybridized carbons (Fsp3) is 0.760. The van der Waals surface area contributed by atoms with Crippen LogP contribution in [0.3, 0.4) is 0 Å². The van der Waals surface area contributed by atoms with Crippen LogP contribution in [0.4, 0.5) is 26.7 Å². The Morgan fingerprint density at radius 1 is 1.00 bits per heavy atom. The average Bonchev–Trinajstić information content (AvgIpc) is 3.31. The second-order valence-electron chi connectivity index (χ2n) is 12.8. The average molecular weight is 540 g/mol. The number of H-pyrrole nitrogens is 1. The highest BCUT2D eigenvalue weighted by Gasteiger charge is 2.59. The van der Waals surface area contributed by atoms with Crippen molar-refractivity contribution in [1.82, 2.24) is 34.8 Å². The molecule has 4 heterocycles. The number of alkyl halides is 5. The topological polar surface area (TPSA) is 82.9 Å². The smallest absolute Gasteiger partial charge is 0.323 e. The van der Waals surface area contributed by atoms with Gasteiger partial charge in [0.25, 0.3) is 0 Å². The molecule has 5 aliphatic rings. The molecule has 38 heavy (non-hydrogen) atoms. The van der Waals surface area contributed by atoms with Crippen LogP contribution in [0.5, 0.6) is 0 Å². The largest absolute Gasteiger partial charge is 0.433 e. The van der Waals surface area contributed by atoms with Gasteiger partial charge in [0.15, 0.2) is 5.82 Å². The van der Waals surface area contributed by atoms with Crippen molar-refractivity contribution in [3.63, 3.8) is 0 Å². The van der Waals surface area contributed by atoms with E-state index in [1.54, 1.807) is 0 Å². The van der Waals surface area contributed by atoms with Crippen molar-refractivity contribution in [2.75, 3.05) is 26.2 Å². The Morgan fingerprint density at radius 2 is 1.61 bits per heavy atom. The van der Waals surface area contributed by atoms with Crippen LogP contribution in [0.2, 0.25) is 0 Å². The van der Waals surface area contributed by atoms with Gasteiger partial charge in [0.2, 0.25) is 5.92 Å². The number of urea groups is 1. The third-order valence-electron chi connectivity index (χ3n) is 9.60. The van der Waals surface area contributed by atoms with Gasteiger partial charge in [-0.25, -0.2) is 18.6 Å². The summed E-state index contributed by atoms with van der Waals surface area (Å²) in [5.74, 6) is -1.18. The summed E-state index contributed by atoms with van der Waals surface area (Å²) in [6.07, 6.45) is 0.413. The number of likely N-dealkylation sites (tertiary alicyclic amines) is 2. The second-order valence-corrected chi connectivity index (χ2v) is 12.8. The van der Waals surface area contributed by atoms with Crippen LogP contribution in [-0.4, -0.2) is 72.9 Å². The number of aromatic nitrogens is 5. The molecule has 3 aliphatic carbocycles. The molecule has 0 unspecified atom stereocenters. The lowest BCUT2D eigenvalue weighted by Crippen LogP contribution is -2.71. The maximum atomic E-state index is 13.3. The molecular weight excluding hydrogens is 509 g/mol. The van der Waals surface area contributed by atoms with Crippen molar-refractivity contribution >= 4 is 6.03 Å². The summed E-state index contributed by atoms with van der Waals surface area (Å²) in [5, 5.41) is 10.9. The maximum absolute atomic E-state index is 13.3. The highest BCUT2D eigenvalue weighted by molar-refractivity contribution is 5.77. The maximum Gasteiger partial charge on any atom is 0.433 e. The van der Waals surface area contributed by atoms with E-state index in [1.165, 1.54) is 13.2 Å². The van der Waals surface area contributed by atoms with Crippen LogP contribution < -0.4 is 0 Å². The van der Waals surface area contributed by atoms with Gasteiger partial charge in [-0.1, -0.05) is 0 Å². The standard InChI is InChI=1S/C25H30F5N7O/c1-35-18(25(28,29)30)15(9-31-35)2-14-3-22(4-14)10-36(11-22)21(38)37-12-23(13-37)5-16(6-23)19-32-20(34-33-19)17-7-24(26,27)8-17/h9,14,16-17H,2-8,10-13H2,1H3,(H,32,33,34). The minimum Gasteiger partial charge on any atom is -0.323 e. The van der Waals surface area contributed by atoms with Gasteiger partial charge >= 0.3 is 12.2 Å². The third-order valence-corrected chi connectivity index (χ3v) is 9.60. The predicted molar refractivity (Wildman–Crippen MR) is 123 cm³/mol. The quantitative estimate of drug-likeness (QED) is 0.587. The summed E-state index contributed by atoms with van der Waals surface area (Å²) in [6.45, 7) is 2.77. The molecule has 0 bridgehead atoms. The molecule has 2 aliphatic heterocycles. The van der Waals surface area contributed by atoms with Crippen LogP contribution in [0.15, 0.2) is 6.20 Å². The van der Waals surface area contributed by atoms with Gasteiger partial charge in [-0.05, 0) is 38.0 Å². The van der Waals surface area contributed by atoms with E-state index in [1.807, 2.05) is 9.80 Å². The summed E-state index contributed by atoms with van der Waals surface area (Å²) in [5.41, 5.74) is -0.254. The first-order valence-electron chi connectivity index (χ1n) is 13.2. The van der Waals surface area contributed by atoms with E-state index in [0.29, 0.717) is 44.2 Å². The number of nitrogens with zero attached hydrogens (tertiary/aromatic N) is 6. The van der Waals surface area contributed by atoms with Gasteiger partial charge in [-0.3, -0.25) is 9.78 Å². The predicted octanol–water partition coefficient (Wildman–Crippen LogP) is 4.32. The van der Waals surface area contributed by atoms with Crippen molar-refractivity contribution in [3.05, 3.63) is 29.1 Å². The molecule has 0 atom stereocenters. The van der Waals surface area contributed by atoms with E-state index in [9.17, 15) is 26.7 Å². The Morgan fingerprint density at radius 3 is 2.18 bits per heavy atom. The van der Waals surface area contributed by atoms with Crippen molar-refractivity contribution in [2.24, 2.45) is 23.8 Å². The lowest BCUT2D eigenvalue weighted by Gasteiger charge is -2.63. The number of hydrogen-bond acceptors (Lipinski definition) is 4. The van der Waals surface area contributed by atoms with Gasteiger partial charge in [-0.2, -0.15) is 23.4 Å². The first-order valence-corrected chi connectivity index (χ1v) is 13.2. The van der Waals surface area contributed by atoms with Gasteiger partial charge in [-0.15, -0.1) is 0 Å². The molecule has 206 valence electrons. The molecule has 5 fully saturated rings. The van der Waals surface area contributed by atoms with Crippen molar-refractivity contribution in [2.45, 2.75) is 68.9 Å². The molecule has 2 saturated heterocycles. The van der Waals surface area contributed by atoms with Crippen LogP contribution in [0.1, 0.15) is 73.3 Å². The highest BCUT2D eigenvalue weighted by Crippen LogP contribution is 2.57. The van der Waals surface area contributed by atoms with Crippen LogP contribution >= 0.6 is 0 Å². The van der Waals surface area contributed by atoms with E-state index in [4.69, 9.17) is 0 Å². The molecule has 0 aromatic carbocycles. The number of carbonyl (C=O) groups is 1. The second kappa shape index (κ2) is 7.68. The number of aryl methyl sites for hydroxylation is 1. The zero-order chi connectivity index (χ0) is 26.7. The monoisotopic (exact) mass is 539 g/mol. The molecule has 7 rings (SSSR count). The van der Waals surface area contributed by atoms with Gasteiger partial charge in [0.05, 0.1) is 6.20 Å². The molecule has 2 aromatic rings. The molecule has 8 nitrogen and oxygen atoms in total. The summed E-state index contributed by atoms with van der Waals surface area (Å²) in [7, 11) is 1.32. The van der Waals surface area contributed by atoms with Crippen molar-refractivity contribution in [1.29, 1.82) is 0 Å². The first-order chi connectivity index (χ1) is 17.8. The fourth-order valence-electron chi connectivity index (χ4n) is 7.81. The summed E-state index contributed by atoms with van der Waals surface area (Å²) >= 11 is 0. The Hall–Kier alpha value is -2.73. The number of carbonyl (C=O) groups excluding carboxylic acids is 1. The molecule has 13 heteroatoms. The number of nitrogens with one attached hydrogen (secondary N) is 1. The minimum absolute atomic E-state index is 0.0471. The first kappa shape index (κ1) is 24.3. The van der Waals surface area contributed by atoms with E-state index < -0.39 is 17.8 Å². The molecular formula is C25H30F5N7O. The van der Waals surface area contributed by atoms with Crippen molar-refractivity contribution in [3.8, 4) is 0 Å². The molecule has 1 N–H and O–H groups in total. The number of aromatic amines is 1. The van der Waals surface area contributed by atoms with E-state index >= 15 is 0 Å². The number of amides is 2. The Kier molecular flexibility index (Phi) is 4.92. The normalized spacial score (nSPS) is 26.1. The highest BCUT2D eigenvalue weighted by atomic mass is 19.4. The van der Waals surface area contributed by atoms with Gasteiger partial charge < -0.3 is 9.80 Å². The van der Waals surface area contributed by atoms with E-state index in [2.05, 4.69) is 20.3 Å². The van der Waals surface area contributed by atoms with Crippen LogP contribution in [0.25, 0.3) is 0 Å². The summed E-state index contributed by atoms with van der Waals surface area (Å²) in [6, 6.07) is 0.0471. The SMILES string of the molecule is Cn1ncc(CC2CC3(C2)CN(C(=O)N2CC4(CC(c5n[nH]c(C6CC(F)(F)C6)n5)C4)C2)C3)c1C(F)(F)F. The minimum atomic E-state index is -4.41. The summed E-state index contributed by atoms with van der Waals surface area (Å²) in [4.78, 5) is 21.2. The van der Waals surface area contributed by atoms with E-state index in [0.717, 1.165) is 30.4 Å². The van der Waals surface area contributed by atoms with Gasteiger partial charge in [0, 0.05) is 74.3 Å². The lowest BCUT2D eigenvalue weighted by molar-refractivity contribution is -0.144. The summed E-state index contributed by atoms with van der Waals surface area (Å²) < 4.78 is 67.1. The zero-order valence-corrected chi connectivity index (χ0v) is 21.1. The van der Waals surface area contributed by atoms with E-state index in [-0.39, 0.29) is 53.0 Å². The number of hydrogen-bond donors (Lipinski definition) is 1. The molecule has 2 spiro atoms. The third kappa shape index (κ3) is 3.82. The molecule has 0 radical (unpaired) electrons. The Labute approximate surface area is 215 Å². The zero-order valence-electron chi connectivity index (χ0n) is 21.1. The fourth-order valence-corrected chi connectivity index (χ4v) is 7.81.